The van der Waals surface area contributed by atoms with Crippen LogP contribution >= 0.6 is 0 Å². The van der Waals surface area contributed by atoms with Crippen LogP contribution in [0.1, 0.15) is 25.8 Å². The van der Waals surface area contributed by atoms with Gasteiger partial charge in [0.1, 0.15) is 12.4 Å². The summed E-state index contributed by atoms with van der Waals surface area (Å²) in [7, 11) is 0. The number of ether oxygens (including phenoxy) is 3. The highest BCUT2D eigenvalue weighted by molar-refractivity contribution is 5.58. The third kappa shape index (κ3) is 3.51. The van der Waals surface area contributed by atoms with Crippen LogP contribution in [0.15, 0.2) is 30.3 Å². The maximum atomic E-state index is 10.9. The lowest BCUT2D eigenvalue weighted by molar-refractivity contribution is -0.152. The van der Waals surface area contributed by atoms with Gasteiger partial charge in [0.05, 0.1) is 19.3 Å². The summed E-state index contributed by atoms with van der Waals surface area (Å²) in [6.07, 6.45) is 1.80. The minimum atomic E-state index is -0.596. The van der Waals surface area contributed by atoms with Crippen molar-refractivity contribution in [1.82, 2.24) is 0 Å². The molecule has 114 valence electrons. The summed E-state index contributed by atoms with van der Waals surface area (Å²) in [5, 5.41) is 0. The molecular weight excluding hydrogens is 268 g/mol. The van der Waals surface area contributed by atoms with Gasteiger partial charge in [-0.2, -0.15) is 0 Å². The fourth-order valence-corrected chi connectivity index (χ4v) is 2.99. The molecule has 1 aromatic rings. The van der Waals surface area contributed by atoms with Gasteiger partial charge in [0.2, 0.25) is 0 Å². The van der Waals surface area contributed by atoms with Gasteiger partial charge >= 0.3 is 0 Å². The molecule has 21 heavy (non-hydrogen) atoms. The number of rotatable bonds is 6. The Morgan fingerprint density at radius 1 is 1.29 bits per heavy atom. The zero-order valence-corrected chi connectivity index (χ0v) is 12.5. The van der Waals surface area contributed by atoms with Crippen molar-refractivity contribution in [2.24, 2.45) is 11.8 Å². The monoisotopic (exact) mass is 290 g/mol. The van der Waals surface area contributed by atoms with Gasteiger partial charge < -0.3 is 19.0 Å². The molecule has 1 saturated heterocycles. The molecular formula is C17H22O4. The quantitative estimate of drug-likeness (QED) is 0.755. The van der Waals surface area contributed by atoms with Gasteiger partial charge in [0.15, 0.2) is 5.79 Å². The van der Waals surface area contributed by atoms with E-state index in [2.05, 4.69) is 0 Å². The Morgan fingerprint density at radius 3 is 2.71 bits per heavy atom. The highest BCUT2D eigenvalue weighted by atomic mass is 16.8. The Morgan fingerprint density at radius 2 is 2.05 bits per heavy atom. The second-order valence-electron chi connectivity index (χ2n) is 6.34. The van der Waals surface area contributed by atoms with Crippen molar-refractivity contribution in [2.75, 3.05) is 6.61 Å². The van der Waals surface area contributed by atoms with Gasteiger partial charge in [-0.15, -0.1) is 0 Å². The molecule has 1 aliphatic heterocycles. The van der Waals surface area contributed by atoms with E-state index in [9.17, 15) is 4.79 Å². The van der Waals surface area contributed by atoms with E-state index < -0.39 is 5.79 Å². The maximum absolute atomic E-state index is 10.9. The smallest absolute Gasteiger partial charge is 0.163 e. The summed E-state index contributed by atoms with van der Waals surface area (Å²) in [5.41, 5.74) is 1.14. The topological polar surface area (TPSA) is 44.8 Å². The van der Waals surface area contributed by atoms with Gasteiger partial charge in [0.25, 0.3) is 0 Å². The lowest BCUT2D eigenvalue weighted by atomic mass is 10.1. The number of carbonyl (C=O) groups is 1. The standard InChI is InChI=1S/C17H22O4/c1-17(2)20-15(16(21-17)14-8-13(14)9-18)11-19-10-12-6-4-3-5-7-12/h3-7,9,13-16H,8,10-11H2,1-2H3/t13-,14+,15+,16?/m0/s1. The third-order valence-corrected chi connectivity index (χ3v) is 4.10. The molecule has 2 fully saturated rings. The average molecular weight is 290 g/mol. The van der Waals surface area contributed by atoms with E-state index >= 15 is 0 Å². The molecule has 0 bridgehead atoms. The van der Waals surface area contributed by atoms with E-state index in [1.54, 1.807) is 0 Å². The third-order valence-electron chi connectivity index (χ3n) is 4.10. The first-order valence-corrected chi connectivity index (χ1v) is 7.52. The molecule has 1 saturated carbocycles. The van der Waals surface area contributed by atoms with E-state index in [-0.39, 0.29) is 24.0 Å². The molecule has 2 aliphatic rings. The van der Waals surface area contributed by atoms with Crippen LogP contribution in [0.25, 0.3) is 0 Å². The molecule has 1 aromatic carbocycles. The van der Waals surface area contributed by atoms with Crippen LogP contribution in [0, 0.1) is 11.8 Å². The van der Waals surface area contributed by atoms with Crippen molar-refractivity contribution in [3.8, 4) is 0 Å². The Balaban J connectivity index is 1.54. The number of hydrogen-bond acceptors (Lipinski definition) is 4. The van der Waals surface area contributed by atoms with E-state index in [0.29, 0.717) is 13.2 Å². The summed E-state index contributed by atoms with van der Waals surface area (Å²) in [6.45, 7) is 4.88. The summed E-state index contributed by atoms with van der Waals surface area (Å²) < 4.78 is 17.7. The van der Waals surface area contributed by atoms with E-state index in [1.807, 2.05) is 44.2 Å². The van der Waals surface area contributed by atoms with Crippen molar-refractivity contribution in [2.45, 2.75) is 44.9 Å². The summed E-state index contributed by atoms with van der Waals surface area (Å²) in [5.74, 6) is -0.180. The largest absolute Gasteiger partial charge is 0.374 e. The van der Waals surface area contributed by atoms with Gasteiger partial charge in [0, 0.05) is 5.92 Å². The van der Waals surface area contributed by atoms with Crippen molar-refractivity contribution in [1.29, 1.82) is 0 Å². The van der Waals surface area contributed by atoms with E-state index in [1.165, 1.54) is 0 Å². The molecule has 0 radical (unpaired) electrons. The molecule has 4 nitrogen and oxygen atoms in total. The van der Waals surface area contributed by atoms with Gasteiger partial charge in [-0.05, 0) is 31.7 Å². The van der Waals surface area contributed by atoms with Crippen molar-refractivity contribution in [3.05, 3.63) is 35.9 Å². The second kappa shape index (κ2) is 5.87. The zero-order chi connectivity index (χ0) is 14.9. The van der Waals surface area contributed by atoms with E-state index in [0.717, 1.165) is 18.3 Å². The molecule has 4 atom stereocenters. The number of hydrogen-bond donors (Lipinski definition) is 0. The first-order valence-electron chi connectivity index (χ1n) is 7.52. The van der Waals surface area contributed by atoms with Gasteiger partial charge in [-0.3, -0.25) is 0 Å². The average Bonchev–Trinajstić information content (AvgIpc) is 3.18. The number of benzene rings is 1. The summed E-state index contributed by atoms with van der Waals surface area (Å²) in [6, 6.07) is 10.1. The van der Waals surface area contributed by atoms with Crippen LogP contribution < -0.4 is 0 Å². The number of aldehydes is 1. The molecule has 1 unspecified atom stereocenters. The maximum Gasteiger partial charge on any atom is 0.163 e. The molecule has 0 amide bonds. The van der Waals surface area contributed by atoms with Crippen LogP contribution in [-0.4, -0.2) is 30.9 Å². The fraction of sp³-hybridized carbons (Fsp3) is 0.588. The zero-order valence-electron chi connectivity index (χ0n) is 12.5. The normalized spacial score (nSPS) is 33.8. The Hall–Kier alpha value is -1.23. The van der Waals surface area contributed by atoms with Crippen molar-refractivity contribution >= 4 is 6.29 Å². The molecule has 1 aliphatic carbocycles. The molecule has 0 N–H and O–H groups in total. The Labute approximate surface area is 125 Å². The molecule has 0 spiro atoms. The van der Waals surface area contributed by atoms with Crippen LogP contribution in [0.5, 0.6) is 0 Å². The Bertz CT molecular complexity index is 485. The molecule has 0 aromatic heterocycles. The summed E-state index contributed by atoms with van der Waals surface area (Å²) >= 11 is 0. The molecule has 1 heterocycles. The van der Waals surface area contributed by atoms with Crippen LogP contribution in [-0.2, 0) is 25.6 Å². The second-order valence-corrected chi connectivity index (χ2v) is 6.34. The van der Waals surface area contributed by atoms with Crippen molar-refractivity contribution in [3.63, 3.8) is 0 Å². The predicted octanol–water partition coefficient (Wildman–Crippen LogP) is 2.56. The van der Waals surface area contributed by atoms with Gasteiger partial charge in [-0.1, -0.05) is 30.3 Å². The minimum Gasteiger partial charge on any atom is -0.374 e. The van der Waals surface area contributed by atoms with Gasteiger partial charge in [-0.25, -0.2) is 0 Å². The van der Waals surface area contributed by atoms with Crippen molar-refractivity contribution < 1.29 is 19.0 Å². The fourth-order valence-electron chi connectivity index (χ4n) is 2.99. The number of carbonyl (C=O) groups excluding carboxylic acids is 1. The molecule has 3 rings (SSSR count). The molecule has 4 heteroatoms. The van der Waals surface area contributed by atoms with Crippen LogP contribution in [0.3, 0.4) is 0 Å². The van der Waals surface area contributed by atoms with Crippen LogP contribution in [0.4, 0.5) is 0 Å². The highest BCUT2D eigenvalue weighted by Gasteiger charge is 2.53. The lowest BCUT2D eigenvalue weighted by Crippen LogP contribution is -2.30. The van der Waals surface area contributed by atoms with E-state index in [4.69, 9.17) is 14.2 Å². The Kier molecular flexibility index (Phi) is 4.11. The first-order chi connectivity index (χ1) is 10.1. The minimum absolute atomic E-state index is 0.0361. The lowest BCUT2D eigenvalue weighted by Gasteiger charge is -2.17. The summed E-state index contributed by atoms with van der Waals surface area (Å²) in [4.78, 5) is 10.9. The van der Waals surface area contributed by atoms with Crippen LogP contribution in [0.2, 0.25) is 0 Å². The highest BCUT2D eigenvalue weighted by Crippen LogP contribution is 2.47. The first kappa shape index (κ1) is 14.7. The predicted molar refractivity (Wildman–Crippen MR) is 77.6 cm³/mol. The SMILES string of the molecule is CC1(C)OC([C@@H]2C[C@H]2C=O)[C@@H](COCc2ccccc2)O1.